The average Bonchev–Trinajstić information content (AvgIpc) is 1.83. The number of aliphatic imine (C=N–C) groups is 1. The number of aliphatic carboxylic acids is 2. The van der Waals surface area contributed by atoms with Crippen LogP contribution in [-0.4, -0.2) is 29.0 Å². The van der Waals surface area contributed by atoms with Crippen molar-refractivity contribution in [2.75, 3.05) is 0 Å². The summed E-state index contributed by atoms with van der Waals surface area (Å²) >= 11 is 0. The van der Waals surface area contributed by atoms with Crippen molar-refractivity contribution in [2.45, 2.75) is 19.4 Å². The van der Waals surface area contributed by atoms with E-state index in [2.05, 4.69) is 4.99 Å². The molecule has 1 atom stereocenters. The van der Waals surface area contributed by atoms with E-state index >= 15 is 0 Å². The fourth-order valence-corrected chi connectivity index (χ4v) is 0.565. The van der Waals surface area contributed by atoms with Gasteiger partial charge in [-0.2, -0.15) is 0 Å². The standard InChI is InChI=1S/C6H9NO5.2Li/c1-3(8)7-4(6(11)12)2-5(9)10;;/h4H,2H2,1H3,(H,7,8)(H,9,10)(H,11,12);;/q;2*+1/p-2/t4-;;/m0../s1. The third kappa shape index (κ3) is 9.69. The predicted molar refractivity (Wildman–Crippen MR) is 34.2 cm³/mol. The first-order chi connectivity index (χ1) is 5.43. The molecule has 0 aliphatic carbocycles. The number of carbonyl (C=O) groups excluding carboxylic acids is 1. The Kier molecular flexibility index (Phi) is 12.6. The molecular weight excluding hydrogens is 180 g/mol. The van der Waals surface area contributed by atoms with Crippen molar-refractivity contribution in [3.05, 3.63) is 0 Å². The van der Waals surface area contributed by atoms with Gasteiger partial charge in [0.15, 0.2) is 6.04 Å². The van der Waals surface area contributed by atoms with Crippen LogP contribution in [0.15, 0.2) is 4.99 Å². The first kappa shape index (κ1) is 19.2. The summed E-state index contributed by atoms with van der Waals surface area (Å²) < 4.78 is 0. The third-order valence-corrected chi connectivity index (χ3v) is 0.983. The number of carboxylic acid groups (broad SMARTS) is 2. The normalized spacial score (nSPS) is 11.9. The molecule has 0 saturated carbocycles. The number of hydrogen-bond acceptors (Lipinski definition) is 5. The molecule has 1 N–H and O–H groups in total. The second-order valence-electron chi connectivity index (χ2n) is 2.08. The van der Waals surface area contributed by atoms with Crippen LogP contribution >= 0.6 is 0 Å². The van der Waals surface area contributed by atoms with Crippen molar-refractivity contribution >= 4 is 17.8 Å². The van der Waals surface area contributed by atoms with Gasteiger partial charge in [0.2, 0.25) is 0 Å². The number of hydrogen-bond donors (Lipinski definition) is 1. The van der Waals surface area contributed by atoms with Crippen molar-refractivity contribution in [1.82, 2.24) is 0 Å². The Balaban J connectivity index is -0.000000605. The van der Waals surface area contributed by atoms with E-state index in [1.54, 1.807) is 0 Å². The maximum Gasteiger partial charge on any atom is 1.00 e. The molecule has 14 heavy (non-hydrogen) atoms. The Hall–Kier alpha value is -0.395. The van der Waals surface area contributed by atoms with Gasteiger partial charge in [-0.15, -0.1) is 0 Å². The molecule has 0 rings (SSSR count). The number of carbonyl (C=O) groups is 2. The molecule has 0 saturated heterocycles. The molecule has 0 spiro atoms. The van der Waals surface area contributed by atoms with Gasteiger partial charge in [0, 0.05) is 12.4 Å². The molecule has 0 aliphatic heterocycles. The summed E-state index contributed by atoms with van der Waals surface area (Å²) in [6.07, 6.45) is -0.783. The maximum atomic E-state index is 10.3. The van der Waals surface area contributed by atoms with E-state index in [0.29, 0.717) is 0 Å². The summed E-state index contributed by atoms with van der Waals surface area (Å²) in [5.74, 6) is -3.72. The second-order valence-corrected chi connectivity index (χ2v) is 2.08. The fourth-order valence-electron chi connectivity index (χ4n) is 0.565. The van der Waals surface area contributed by atoms with E-state index in [9.17, 15) is 19.8 Å². The van der Waals surface area contributed by atoms with Crippen LogP contribution < -0.4 is 47.9 Å². The van der Waals surface area contributed by atoms with Crippen LogP contribution in [-0.2, 0) is 9.59 Å². The van der Waals surface area contributed by atoms with Gasteiger partial charge < -0.3 is 20.1 Å². The molecule has 0 bridgehead atoms. The summed E-state index contributed by atoms with van der Waals surface area (Å²) in [7, 11) is 0. The molecule has 0 radical (unpaired) electrons. The zero-order valence-corrected chi connectivity index (χ0v) is 8.31. The van der Waals surface area contributed by atoms with Gasteiger partial charge >= 0.3 is 43.7 Å². The molecule has 0 aromatic heterocycles. The summed E-state index contributed by atoms with van der Waals surface area (Å²) in [6.45, 7) is 1.05. The Bertz CT molecular complexity index is 226. The van der Waals surface area contributed by atoms with Gasteiger partial charge in [0.05, 0.1) is 0 Å². The van der Waals surface area contributed by atoms with E-state index in [1.807, 2.05) is 0 Å². The molecule has 0 amide bonds. The first-order valence-electron chi connectivity index (χ1n) is 3.07. The van der Waals surface area contributed by atoms with Crippen LogP contribution in [0.1, 0.15) is 13.3 Å². The molecule has 0 aromatic carbocycles. The Morgan fingerprint density at radius 2 is 1.79 bits per heavy atom. The van der Waals surface area contributed by atoms with Crippen LogP contribution in [0.5, 0.6) is 0 Å². The van der Waals surface area contributed by atoms with Crippen LogP contribution in [0.4, 0.5) is 0 Å². The van der Waals surface area contributed by atoms with Gasteiger partial charge in [-0.25, -0.2) is 4.79 Å². The Morgan fingerprint density at radius 1 is 1.36 bits per heavy atom. The van der Waals surface area contributed by atoms with Gasteiger partial charge in [-0.3, -0.25) is 4.99 Å². The predicted octanol–water partition coefficient (Wildman–Crippen LogP) is -8.63. The summed E-state index contributed by atoms with van der Waals surface area (Å²) in [4.78, 5) is 23.2. The molecule has 0 aliphatic rings. The van der Waals surface area contributed by atoms with E-state index in [1.165, 1.54) is 0 Å². The SMILES string of the molecule is CC([O-])=N[C@@H](CC(=O)[O-])C(=O)O.[Li+].[Li+]. The largest absolute Gasteiger partial charge is 1.00 e. The minimum atomic E-state index is -1.55. The smallest absolute Gasteiger partial charge is 0.862 e. The number of carboxylic acids is 2. The van der Waals surface area contributed by atoms with Crippen molar-refractivity contribution in [3.63, 3.8) is 0 Å². The van der Waals surface area contributed by atoms with Gasteiger partial charge in [-0.05, 0) is 12.8 Å². The molecule has 6 nitrogen and oxygen atoms in total. The third-order valence-electron chi connectivity index (χ3n) is 0.983. The second kappa shape index (κ2) is 9.17. The monoisotopic (exact) mass is 187 g/mol. The van der Waals surface area contributed by atoms with Crippen LogP contribution in [0.3, 0.4) is 0 Å². The zero-order chi connectivity index (χ0) is 9.72. The minimum Gasteiger partial charge on any atom is -0.862 e. The first-order valence-corrected chi connectivity index (χ1v) is 3.07. The maximum absolute atomic E-state index is 10.3. The topological polar surface area (TPSA) is 113 Å². The average molecular weight is 187 g/mol. The summed E-state index contributed by atoms with van der Waals surface area (Å²) in [6, 6.07) is -1.53. The van der Waals surface area contributed by atoms with E-state index in [-0.39, 0.29) is 37.7 Å². The minimum absolute atomic E-state index is 0. The van der Waals surface area contributed by atoms with Gasteiger partial charge in [-0.1, -0.05) is 0 Å². The van der Waals surface area contributed by atoms with Gasteiger partial charge in [0.1, 0.15) is 0 Å². The molecule has 0 aromatic rings. The van der Waals surface area contributed by atoms with Crippen LogP contribution in [0, 0.1) is 0 Å². The van der Waals surface area contributed by atoms with Crippen molar-refractivity contribution in [1.29, 1.82) is 0 Å². The van der Waals surface area contributed by atoms with Crippen LogP contribution in [0.25, 0.3) is 0 Å². The van der Waals surface area contributed by atoms with Crippen molar-refractivity contribution < 1.29 is 62.6 Å². The summed E-state index contributed by atoms with van der Waals surface area (Å²) in [5.41, 5.74) is 0. The van der Waals surface area contributed by atoms with E-state index < -0.39 is 30.3 Å². The van der Waals surface area contributed by atoms with Crippen molar-refractivity contribution in [3.8, 4) is 0 Å². The Labute approximate surface area is 105 Å². The Morgan fingerprint density at radius 3 is 2.00 bits per heavy atom. The molecule has 8 heteroatoms. The fraction of sp³-hybridized carbons (Fsp3) is 0.500. The molecule has 0 heterocycles. The van der Waals surface area contributed by atoms with Gasteiger partial charge in [0.25, 0.3) is 0 Å². The number of rotatable bonds is 4. The van der Waals surface area contributed by atoms with E-state index in [4.69, 9.17) is 5.11 Å². The summed E-state index contributed by atoms with van der Waals surface area (Å²) in [5, 5.41) is 28.6. The molecule has 0 unspecified atom stereocenters. The van der Waals surface area contributed by atoms with Crippen molar-refractivity contribution in [2.24, 2.45) is 4.99 Å². The molecular formula is C6H7Li2NO5. The molecule has 68 valence electrons. The molecule has 0 fully saturated rings. The van der Waals surface area contributed by atoms with Crippen LogP contribution in [0.2, 0.25) is 0 Å². The zero-order valence-electron chi connectivity index (χ0n) is 8.31. The quantitative estimate of drug-likeness (QED) is 0.266. The van der Waals surface area contributed by atoms with E-state index in [0.717, 1.165) is 6.92 Å². The number of nitrogens with zero attached hydrogens (tertiary/aromatic N) is 1.